The first-order chi connectivity index (χ1) is 14.8. The van der Waals surface area contributed by atoms with Crippen LogP contribution in [0, 0.1) is 25.2 Å². The molecule has 0 spiro atoms. The van der Waals surface area contributed by atoms with Crippen LogP contribution in [0.3, 0.4) is 0 Å². The van der Waals surface area contributed by atoms with Crippen molar-refractivity contribution in [2.75, 3.05) is 5.32 Å². The van der Waals surface area contributed by atoms with E-state index in [4.69, 9.17) is 11.6 Å². The predicted molar refractivity (Wildman–Crippen MR) is 129 cm³/mol. The molecular weight excluding hydrogens is 448 g/mol. The van der Waals surface area contributed by atoms with Crippen molar-refractivity contribution < 1.29 is 8.42 Å². The summed E-state index contributed by atoms with van der Waals surface area (Å²) < 4.78 is 26.5. The number of halogens is 1. The highest BCUT2D eigenvalue weighted by atomic mass is 35.5. The second kappa shape index (κ2) is 10.1. The van der Waals surface area contributed by atoms with Crippen molar-refractivity contribution in [1.82, 2.24) is 0 Å². The van der Waals surface area contributed by atoms with Crippen LogP contribution in [-0.2, 0) is 15.6 Å². The van der Waals surface area contributed by atoms with Gasteiger partial charge in [0.05, 0.1) is 4.90 Å². The van der Waals surface area contributed by atoms with Gasteiger partial charge in [0, 0.05) is 16.5 Å². The first-order valence-corrected chi connectivity index (χ1v) is 12.3. The Hall–Kier alpha value is -2.72. The molecule has 7 heteroatoms. The van der Waals surface area contributed by atoms with Crippen LogP contribution in [-0.4, -0.2) is 8.42 Å². The van der Waals surface area contributed by atoms with Gasteiger partial charge < -0.3 is 5.32 Å². The average Bonchev–Trinajstić information content (AvgIpc) is 2.72. The molecule has 3 rings (SSSR count). The largest absolute Gasteiger partial charge is 0.349 e. The molecule has 0 atom stereocenters. The predicted octanol–water partition coefficient (Wildman–Crippen LogP) is 6.47. The Morgan fingerprint density at radius 3 is 2.29 bits per heavy atom. The molecule has 3 aromatic carbocycles. The van der Waals surface area contributed by atoms with Gasteiger partial charge in [0.2, 0.25) is 9.84 Å². The number of nitrogens with zero attached hydrogens (tertiary/aromatic N) is 1. The second-order valence-corrected chi connectivity index (χ2v) is 10.3. The van der Waals surface area contributed by atoms with Gasteiger partial charge in [0.15, 0.2) is 4.91 Å². The highest BCUT2D eigenvalue weighted by Crippen LogP contribution is 2.32. The second-order valence-electron chi connectivity index (χ2n) is 7.01. The highest BCUT2D eigenvalue weighted by Gasteiger charge is 2.25. The van der Waals surface area contributed by atoms with E-state index in [0.29, 0.717) is 10.8 Å². The van der Waals surface area contributed by atoms with Gasteiger partial charge in [0.1, 0.15) is 11.1 Å². The molecule has 0 aliphatic rings. The van der Waals surface area contributed by atoms with Gasteiger partial charge in [-0.1, -0.05) is 48.0 Å². The number of nitriles is 1. The quantitative estimate of drug-likeness (QED) is 0.402. The topological polar surface area (TPSA) is 70.0 Å². The Bertz CT molecular complexity index is 1240. The smallest absolute Gasteiger partial charge is 0.219 e. The lowest BCUT2D eigenvalue weighted by Gasteiger charge is -2.15. The van der Waals surface area contributed by atoms with E-state index in [1.54, 1.807) is 24.3 Å². The first kappa shape index (κ1) is 23.0. The number of allylic oxidation sites excluding steroid dienone is 1. The summed E-state index contributed by atoms with van der Waals surface area (Å²) >= 11 is 7.33. The number of anilines is 1. The van der Waals surface area contributed by atoms with Gasteiger partial charge in [-0.25, -0.2) is 8.42 Å². The number of nitrogens with one attached hydrogen (secondary N) is 1. The lowest BCUT2D eigenvalue weighted by atomic mass is 10.1. The maximum atomic E-state index is 13.2. The number of sulfone groups is 1. The van der Waals surface area contributed by atoms with Crippen LogP contribution >= 0.6 is 23.4 Å². The van der Waals surface area contributed by atoms with Crippen molar-refractivity contribution in [3.63, 3.8) is 0 Å². The number of hydrogen-bond donors (Lipinski definition) is 1. The Balaban J connectivity index is 2.06. The van der Waals surface area contributed by atoms with Crippen LogP contribution in [0.25, 0.3) is 0 Å². The number of aryl methyl sites for hydroxylation is 2. The molecule has 0 saturated heterocycles. The maximum Gasteiger partial charge on any atom is 0.219 e. The summed E-state index contributed by atoms with van der Waals surface area (Å²) in [6.07, 6.45) is 0. The minimum Gasteiger partial charge on any atom is -0.349 e. The van der Waals surface area contributed by atoms with E-state index in [2.05, 4.69) is 5.32 Å². The van der Waals surface area contributed by atoms with Crippen LogP contribution in [0.15, 0.2) is 87.6 Å². The van der Waals surface area contributed by atoms with Crippen molar-refractivity contribution in [1.29, 1.82) is 5.26 Å². The molecule has 158 valence electrons. The van der Waals surface area contributed by atoms with Gasteiger partial charge in [-0.3, -0.25) is 0 Å². The van der Waals surface area contributed by atoms with Gasteiger partial charge >= 0.3 is 0 Å². The maximum absolute atomic E-state index is 13.2. The Morgan fingerprint density at radius 1 is 1.00 bits per heavy atom. The molecular formula is C24H21ClN2O2S2. The standard InChI is InChI=1S/C24H21ClN2O2S2/c1-17-11-18(2)13-21(12-17)27-24(30-16-19-7-6-8-20(25)14-19)23(15-26)31(28,29)22-9-4-3-5-10-22/h3-14,27H,16H2,1-2H3/b24-23+. The summed E-state index contributed by atoms with van der Waals surface area (Å²) in [5.41, 5.74) is 3.71. The Morgan fingerprint density at radius 2 is 1.68 bits per heavy atom. The van der Waals surface area contributed by atoms with E-state index in [1.165, 1.54) is 23.9 Å². The van der Waals surface area contributed by atoms with E-state index in [1.807, 2.05) is 56.3 Å². The van der Waals surface area contributed by atoms with E-state index in [-0.39, 0.29) is 14.8 Å². The molecule has 0 saturated carbocycles. The zero-order chi connectivity index (χ0) is 22.4. The van der Waals surface area contributed by atoms with E-state index in [9.17, 15) is 13.7 Å². The molecule has 4 nitrogen and oxygen atoms in total. The minimum atomic E-state index is -3.99. The van der Waals surface area contributed by atoms with Gasteiger partial charge in [-0.05, 0) is 66.9 Å². The van der Waals surface area contributed by atoms with E-state index < -0.39 is 9.84 Å². The average molecular weight is 469 g/mol. The van der Waals surface area contributed by atoms with Crippen molar-refractivity contribution in [3.05, 3.63) is 104 Å². The number of thioether (sulfide) groups is 1. The SMILES string of the molecule is Cc1cc(C)cc(N/C(SCc2cccc(Cl)c2)=C(/C#N)S(=O)(=O)c2ccccc2)c1. The molecule has 0 aromatic heterocycles. The van der Waals surface area contributed by atoms with Crippen molar-refractivity contribution in [2.45, 2.75) is 24.5 Å². The first-order valence-electron chi connectivity index (χ1n) is 9.46. The van der Waals surface area contributed by atoms with Gasteiger partial charge in [0.25, 0.3) is 0 Å². The summed E-state index contributed by atoms with van der Waals surface area (Å²) in [7, 11) is -3.99. The molecule has 1 N–H and O–H groups in total. The fourth-order valence-corrected chi connectivity index (χ4v) is 5.81. The monoisotopic (exact) mass is 468 g/mol. The fraction of sp³-hybridized carbons (Fsp3) is 0.125. The number of hydrogen-bond acceptors (Lipinski definition) is 5. The molecule has 0 amide bonds. The third-order valence-electron chi connectivity index (χ3n) is 4.38. The molecule has 0 aliphatic carbocycles. The Labute approximate surface area is 192 Å². The molecule has 3 aromatic rings. The lowest BCUT2D eigenvalue weighted by Crippen LogP contribution is -2.10. The number of rotatable bonds is 7. The van der Waals surface area contributed by atoms with Crippen LogP contribution in [0.4, 0.5) is 5.69 Å². The zero-order valence-corrected chi connectivity index (χ0v) is 19.5. The van der Waals surface area contributed by atoms with Crippen molar-refractivity contribution in [3.8, 4) is 6.07 Å². The molecule has 0 heterocycles. The van der Waals surface area contributed by atoms with Crippen LogP contribution in [0.2, 0.25) is 5.02 Å². The van der Waals surface area contributed by atoms with Crippen LogP contribution in [0.5, 0.6) is 0 Å². The van der Waals surface area contributed by atoms with Gasteiger partial charge in [-0.15, -0.1) is 11.8 Å². The van der Waals surface area contributed by atoms with Gasteiger partial charge in [-0.2, -0.15) is 5.26 Å². The summed E-state index contributed by atoms with van der Waals surface area (Å²) in [5, 5.41) is 13.9. The van der Waals surface area contributed by atoms with Crippen molar-refractivity contribution in [2.24, 2.45) is 0 Å². The zero-order valence-electron chi connectivity index (χ0n) is 17.1. The normalized spacial score (nSPS) is 12.1. The molecule has 0 aliphatic heterocycles. The van der Waals surface area contributed by atoms with E-state index >= 15 is 0 Å². The summed E-state index contributed by atoms with van der Waals surface area (Å²) in [6.45, 7) is 3.93. The van der Waals surface area contributed by atoms with Crippen LogP contribution < -0.4 is 5.32 Å². The molecule has 0 bridgehead atoms. The van der Waals surface area contributed by atoms with Crippen LogP contribution in [0.1, 0.15) is 16.7 Å². The number of benzene rings is 3. The lowest BCUT2D eigenvalue weighted by molar-refractivity contribution is 0.603. The summed E-state index contributed by atoms with van der Waals surface area (Å²) in [5.74, 6) is 0.448. The van der Waals surface area contributed by atoms with E-state index in [0.717, 1.165) is 22.4 Å². The summed E-state index contributed by atoms with van der Waals surface area (Å²) in [6, 6.07) is 23.1. The molecule has 0 radical (unpaired) electrons. The third kappa shape index (κ3) is 5.92. The summed E-state index contributed by atoms with van der Waals surface area (Å²) in [4.78, 5) is -0.237. The molecule has 31 heavy (non-hydrogen) atoms. The third-order valence-corrected chi connectivity index (χ3v) is 7.54. The minimum absolute atomic E-state index is 0.0784. The fourth-order valence-electron chi connectivity index (χ4n) is 3.07. The Kier molecular flexibility index (Phi) is 7.45. The molecule has 0 unspecified atom stereocenters. The van der Waals surface area contributed by atoms with Crippen molar-refractivity contribution >= 4 is 38.9 Å². The molecule has 0 fully saturated rings. The highest BCUT2D eigenvalue weighted by molar-refractivity contribution is 8.04.